The molecule has 37 heavy (non-hydrogen) atoms. The second-order valence-corrected chi connectivity index (χ2v) is 10.7. The molecule has 3 aliphatic rings. The molecule has 0 radical (unpaired) electrons. The smallest absolute Gasteiger partial charge is 0.254 e. The minimum atomic E-state index is 0.132. The first-order chi connectivity index (χ1) is 18.1. The fourth-order valence-electron chi connectivity index (χ4n) is 6.32. The normalized spacial score (nSPS) is 22.4. The van der Waals surface area contributed by atoms with Crippen molar-refractivity contribution in [3.8, 4) is 11.8 Å². The summed E-state index contributed by atoms with van der Waals surface area (Å²) in [5.41, 5.74) is 5.90. The molecule has 1 aliphatic heterocycles. The largest absolute Gasteiger partial charge is 0.496 e. The molecule has 7 nitrogen and oxygen atoms in total. The number of benzene rings is 2. The van der Waals surface area contributed by atoms with E-state index in [1.807, 2.05) is 47.8 Å². The molecule has 2 unspecified atom stereocenters. The summed E-state index contributed by atoms with van der Waals surface area (Å²) in [7, 11) is 1.74. The number of nitriles is 1. The Morgan fingerprint density at radius 1 is 1.11 bits per heavy atom. The SMILES string of the molecule is COc1c(Cc2cncn2Cc2ccc(C#N)cc2)ccc(C(=O)N2CCNCC2)c1C1CC2CC2C1. The Hall–Kier alpha value is -3.63. The van der Waals surface area contributed by atoms with E-state index in [2.05, 4.69) is 27.0 Å². The summed E-state index contributed by atoms with van der Waals surface area (Å²) in [6.45, 7) is 3.85. The van der Waals surface area contributed by atoms with Crippen LogP contribution in [0.5, 0.6) is 5.75 Å². The molecule has 190 valence electrons. The van der Waals surface area contributed by atoms with Gasteiger partial charge in [-0.3, -0.25) is 4.79 Å². The Labute approximate surface area is 218 Å². The van der Waals surface area contributed by atoms with Crippen molar-refractivity contribution in [3.05, 3.63) is 82.4 Å². The molecule has 1 saturated heterocycles. The van der Waals surface area contributed by atoms with Gasteiger partial charge in [0.2, 0.25) is 0 Å². The maximum Gasteiger partial charge on any atom is 0.254 e. The minimum Gasteiger partial charge on any atom is -0.496 e. The van der Waals surface area contributed by atoms with Gasteiger partial charge in [0, 0.05) is 67.7 Å². The van der Waals surface area contributed by atoms with Gasteiger partial charge in [0.05, 0.1) is 25.1 Å². The molecular weight excluding hydrogens is 462 g/mol. The van der Waals surface area contributed by atoms with E-state index in [1.165, 1.54) is 6.42 Å². The van der Waals surface area contributed by atoms with Gasteiger partial charge in [-0.2, -0.15) is 5.26 Å². The predicted octanol–water partition coefficient (Wildman–Crippen LogP) is 3.96. The number of amides is 1. The number of piperazine rings is 1. The Kier molecular flexibility index (Phi) is 6.43. The molecule has 1 aromatic heterocycles. The molecule has 2 heterocycles. The number of rotatable bonds is 7. The molecular formula is C30H33N5O2. The lowest BCUT2D eigenvalue weighted by Crippen LogP contribution is -2.46. The van der Waals surface area contributed by atoms with E-state index >= 15 is 0 Å². The molecule has 1 amide bonds. The van der Waals surface area contributed by atoms with Crippen molar-refractivity contribution in [1.29, 1.82) is 5.26 Å². The molecule has 3 aromatic rings. The van der Waals surface area contributed by atoms with Crippen LogP contribution in [0.3, 0.4) is 0 Å². The fourth-order valence-corrected chi connectivity index (χ4v) is 6.32. The predicted molar refractivity (Wildman–Crippen MR) is 141 cm³/mol. The number of hydrogen-bond acceptors (Lipinski definition) is 5. The van der Waals surface area contributed by atoms with Crippen LogP contribution in [0.25, 0.3) is 0 Å². The van der Waals surface area contributed by atoms with Gasteiger partial charge in [-0.1, -0.05) is 18.2 Å². The average molecular weight is 496 g/mol. The number of aromatic nitrogens is 2. The number of nitrogens with one attached hydrogen (secondary N) is 1. The van der Waals surface area contributed by atoms with Gasteiger partial charge in [0.25, 0.3) is 5.91 Å². The Morgan fingerprint density at radius 2 is 1.86 bits per heavy atom. The number of carbonyl (C=O) groups excluding carboxylic acids is 1. The standard InChI is InChI=1S/C30H33N5O2/c1-37-29-22(15-26-17-33-19-35(26)18-21-4-2-20(16-31)3-5-21)6-7-27(30(36)34-10-8-32-9-11-34)28(29)25-13-23-12-24(23)14-25/h2-7,17,19,23-25,32H,8-15,18H2,1H3. The number of hydrogen-bond donors (Lipinski definition) is 1. The van der Waals surface area contributed by atoms with Crippen LogP contribution in [0.1, 0.15) is 63.5 Å². The van der Waals surface area contributed by atoms with Crippen LogP contribution >= 0.6 is 0 Å². The Morgan fingerprint density at radius 3 is 2.57 bits per heavy atom. The van der Waals surface area contributed by atoms with E-state index in [0.717, 1.165) is 84.6 Å². The molecule has 2 atom stereocenters. The number of methoxy groups -OCH3 is 1. The Balaban J connectivity index is 1.32. The molecule has 6 rings (SSSR count). The third-order valence-corrected chi connectivity index (χ3v) is 8.37. The quantitative estimate of drug-likeness (QED) is 0.537. The van der Waals surface area contributed by atoms with E-state index in [9.17, 15) is 4.79 Å². The molecule has 0 bridgehead atoms. The average Bonchev–Trinajstić information content (AvgIpc) is 3.31. The zero-order chi connectivity index (χ0) is 25.4. The lowest BCUT2D eigenvalue weighted by atomic mass is 9.86. The van der Waals surface area contributed by atoms with Crippen molar-refractivity contribution in [3.63, 3.8) is 0 Å². The van der Waals surface area contributed by atoms with Gasteiger partial charge in [0.1, 0.15) is 5.75 Å². The van der Waals surface area contributed by atoms with Crippen LogP contribution < -0.4 is 10.1 Å². The highest BCUT2D eigenvalue weighted by atomic mass is 16.5. The van der Waals surface area contributed by atoms with Crippen LogP contribution in [-0.2, 0) is 13.0 Å². The van der Waals surface area contributed by atoms with Crippen LogP contribution in [-0.4, -0.2) is 53.6 Å². The van der Waals surface area contributed by atoms with Crippen LogP contribution in [0.4, 0.5) is 0 Å². The van der Waals surface area contributed by atoms with Gasteiger partial charge in [-0.05, 0) is 60.8 Å². The van der Waals surface area contributed by atoms with Crippen LogP contribution in [0.15, 0.2) is 48.9 Å². The summed E-state index contributed by atoms with van der Waals surface area (Å²) in [5, 5.41) is 12.4. The maximum atomic E-state index is 13.7. The zero-order valence-corrected chi connectivity index (χ0v) is 21.3. The fraction of sp³-hybridized carbons (Fsp3) is 0.433. The Bertz CT molecular complexity index is 1320. The molecule has 7 heteroatoms. The van der Waals surface area contributed by atoms with Crippen molar-refractivity contribution in [2.75, 3.05) is 33.3 Å². The highest BCUT2D eigenvalue weighted by molar-refractivity contribution is 5.97. The zero-order valence-electron chi connectivity index (χ0n) is 21.3. The molecule has 2 saturated carbocycles. The third kappa shape index (κ3) is 4.74. The maximum absolute atomic E-state index is 13.7. The van der Waals surface area contributed by atoms with E-state index in [1.54, 1.807) is 7.11 Å². The molecule has 2 aliphatic carbocycles. The van der Waals surface area contributed by atoms with E-state index in [4.69, 9.17) is 10.00 Å². The number of fused-ring (bicyclic) bond motifs is 1. The molecule has 3 fully saturated rings. The number of carbonyl (C=O) groups is 1. The molecule has 0 spiro atoms. The topological polar surface area (TPSA) is 83.2 Å². The van der Waals surface area contributed by atoms with Crippen molar-refractivity contribution >= 4 is 5.91 Å². The number of ether oxygens (including phenoxy) is 1. The lowest BCUT2D eigenvalue weighted by molar-refractivity contribution is 0.0733. The van der Waals surface area contributed by atoms with Crippen molar-refractivity contribution in [1.82, 2.24) is 19.8 Å². The van der Waals surface area contributed by atoms with Crippen molar-refractivity contribution in [2.24, 2.45) is 11.8 Å². The van der Waals surface area contributed by atoms with Gasteiger partial charge >= 0.3 is 0 Å². The van der Waals surface area contributed by atoms with Crippen LogP contribution in [0, 0.1) is 23.2 Å². The first-order valence-corrected chi connectivity index (χ1v) is 13.3. The summed E-state index contributed by atoms with van der Waals surface area (Å²) in [6.07, 6.45) is 8.09. The second kappa shape index (κ2) is 10.0. The summed E-state index contributed by atoms with van der Waals surface area (Å²) < 4.78 is 8.25. The first kappa shape index (κ1) is 23.7. The number of imidazole rings is 1. The minimum absolute atomic E-state index is 0.132. The summed E-state index contributed by atoms with van der Waals surface area (Å²) in [5.74, 6) is 3.01. The second-order valence-electron chi connectivity index (χ2n) is 10.7. The summed E-state index contributed by atoms with van der Waals surface area (Å²) in [6, 6.07) is 14.0. The van der Waals surface area contributed by atoms with E-state index < -0.39 is 0 Å². The molecule has 2 aromatic carbocycles. The molecule has 1 N–H and O–H groups in total. The first-order valence-electron chi connectivity index (χ1n) is 13.3. The summed E-state index contributed by atoms with van der Waals surface area (Å²) >= 11 is 0. The van der Waals surface area contributed by atoms with Gasteiger partial charge in [-0.15, -0.1) is 0 Å². The van der Waals surface area contributed by atoms with Crippen LogP contribution in [0.2, 0.25) is 0 Å². The van der Waals surface area contributed by atoms with Gasteiger partial charge < -0.3 is 19.5 Å². The van der Waals surface area contributed by atoms with Crippen molar-refractivity contribution in [2.45, 2.75) is 38.1 Å². The van der Waals surface area contributed by atoms with Crippen molar-refractivity contribution < 1.29 is 9.53 Å². The van der Waals surface area contributed by atoms with Gasteiger partial charge in [0.15, 0.2) is 0 Å². The highest BCUT2D eigenvalue weighted by Gasteiger charge is 2.48. The summed E-state index contributed by atoms with van der Waals surface area (Å²) in [4.78, 5) is 20.1. The number of nitrogens with zero attached hydrogens (tertiary/aromatic N) is 4. The highest BCUT2D eigenvalue weighted by Crippen LogP contribution is 2.59. The van der Waals surface area contributed by atoms with E-state index in [-0.39, 0.29) is 5.91 Å². The van der Waals surface area contributed by atoms with Gasteiger partial charge in [-0.25, -0.2) is 4.98 Å². The lowest BCUT2D eigenvalue weighted by Gasteiger charge is -2.30. The van der Waals surface area contributed by atoms with E-state index in [0.29, 0.717) is 24.4 Å². The monoisotopic (exact) mass is 495 g/mol. The third-order valence-electron chi connectivity index (χ3n) is 8.37.